The smallest absolute Gasteiger partial charge is 0.359 e. The van der Waals surface area contributed by atoms with Gasteiger partial charge in [0.05, 0.1) is 24.1 Å². The third-order valence-corrected chi connectivity index (χ3v) is 4.89. The monoisotopic (exact) mass is 411 g/mol. The molecule has 3 rings (SSSR count). The summed E-state index contributed by atoms with van der Waals surface area (Å²) in [7, 11) is 1.64. The molecule has 8 nitrogen and oxygen atoms in total. The van der Waals surface area contributed by atoms with Gasteiger partial charge in [0.2, 0.25) is 6.41 Å². The molecule has 2 N–H and O–H groups in total. The molecule has 0 fully saturated rings. The third-order valence-electron chi connectivity index (χ3n) is 4.89. The molecule has 0 spiro atoms. The molecule has 2 aromatic rings. The molecule has 0 saturated carbocycles. The van der Waals surface area contributed by atoms with Crippen molar-refractivity contribution < 1.29 is 24.5 Å². The highest BCUT2D eigenvalue weighted by molar-refractivity contribution is 5.89. The molecule has 0 radical (unpaired) electrons. The molecule has 1 aliphatic rings. The number of ether oxygens (including phenoxy) is 1. The predicted octanol–water partition coefficient (Wildman–Crippen LogP) is 1.22. The summed E-state index contributed by atoms with van der Waals surface area (Å²) in [6.45, 7) is 2.36. The molecule has 0 saturated heterocycles. The molecule has 158 valence electrons. The lowest BCUT2D eigenvalue weighted by atomic mass is 10.1. The molecule has 1 aliphatic carbocycles. The second kappa shape index (κ2) is 9.57. The zero-order chi connectivity index (χ0) is 21.7. The van der Waals surface area contributed by atoms with Crippen molar-refractivity contribution in [2.24, 2.45) is 0 Å². The number of carbonyl (C=O) groups excluding carboxylic acids is 2. The molecule has 1 heterocycles. The van der Waals surface area contributed by atoms with Gasteiger partial charge < -0.3 is 19.8 Å². The number of amides is 1. The maximum Gasteiger partial charge on any atom is 0.359 e. The molecule has 1 amide bonds. The van der Waals surface area contributed by atoms with Crippen LogP contribution in [0.15, 0.2) is 24.3 Å². The van der Waals surface area contributed by atoms with E-state index in [9.17, 15) is 19.8 Å². The van der Waals surface area contributed by atoms with Gasteiger partial charge in [-0.05, 0) is 38.0 Å². The molecule has 0 aliphatic heterocycles. The fourth-order valence-corrected chi connectivity index (χ4v) is 3.37. The van der Waals surface area contributed by atoms with E-state index >= 15 is 0 Å². The van der Waals surface area contributed by atoms with E-state index in [-0.39, 0.29) is 12.3 Å². The molecule has 2 atom stereocenters. The van der Waals surface area contributed by atoms with Crippen LogP contribution in [0.2, 0.25) is 0 Å². The summed E-state index contributed by atoms with van der Waals surface area (Å²) in [5.74, 6) is 5.16. The number of esters is 1. The van der Waals surface area contributed by atoms with Gasteiger partial charge >= 0.3 is 5.97 Å². The maximum absolute atomic E-state index is 12.3. The van der Waals surface area contributed by atoms with Crippen LogP contribution in [0.3, 0.4) is 0 Å². The number of hydrogen-bond acceptors (Lipinski definition) is 6. The first-order valence-electron chi connectivity index (χ1n) is 9.87. The van der Waals surface area contributed by atoms with Crippen LogP contribution in [0.4, 0.5) is 0 Å². The number of carbonyl (C=O) groups is 2. The second-order valence-corrected chi connectivity index (χ2v) is 7.11. The topological polar surface area (TPSA) is 105 Å². The van der Waals surface area contributed by atoms with Gasteiger partial charge in [-0.1, -0.05) is 17.9 Å². The van der Waals surface area contributed by atoms with Crippen molar-refractivity contribution in [1.29, 1.82) is 0 Å². The highest BCUT2D eigenvalue weighted by Crippen LogP contribution is 2.35. The molecule has 0 bridgehead atoms. The van der Waals surface area contributed by atoms with Crippen LogP contribution in [0, 0.1) is 11.8 Å². The molecule has 1 aromatic heterocycles. The van der Waals surface area contributed by atoms with Crippen LogP contribution < -0.4 is 0 Å². The van der Waals surface area contributed by atoms with Gasteiger partial charge in [-0.2, -0.15) is 5.10 Å². The van der Waals surface area contributed by atoms with E-state index in [0.29, 0.717) is 49.0 Å². The summed E-state index contributed by atoms with van der Waals surface area (Å²) in [5, 5.41) is 24.7. The van der Waals surface area contributed by atoms with E-state index in [0.717, 1.165) is 5.69 Å². The van der Waals surface area contributed by atoms with Gasteiger partial charge in [-0.15, -0.1) is 0 Å². The summed E-state index contributed by atoms with van der Waals surface area (Å²) in [6.07, 6.45) is 0.594. The number of hydrogen-bond donors (Lipinski definition) is 2. The summed E-state index contributed by atoms with van der Waals surface area (Å²) >= 11 is 0. The minimum atomic E-state index is -0.851. The van der Waals surface area contributed by atoms with Gasteiger partial charge in [-0.25, -0.2) is 9.48 Å². The summed E-state index contributed by atoms with van der Waals surface area (Å²) in [5.41, 5.74) is 2.84. The minimum absolute atomic E-state index is 0.142. The van der Waals surface area contributed by atoms with Crippen molar-refractivity contribution in [2.75, 3.05) is 20.2 Å². The van der Waals surface area contributed by atoms with E-state index < -0.39 is 18.2 Å². The first-order valence-corrected chi connectivity index (χ1v) is 9.87. The Morgan fingerprint density at radius 1 is 1.50 bits per heavy atom. The van der Waals surface area contributed by atoms with Crippen molar-refractivity contribution in [1.82, 2.24) is 14.7 Å². The Kier molecular flexibility index (Phi) is 6.87. The van der Waals surface area contributed by atoms with Crippen LogP contribution in [0.1, 0.15) is 53.2 Å². The fourth-order valence-electron chi connectivity index (χ4n) is 3.37. The highest BCUT2D eigenvalue weighted by Gasteiger charge is 2.33. The fraction of sp³-hybridized carbons (Fsp3) is 0.409. The van der Waals surface area contributed by atoms with E-state index in [1.54, 1.807) is 18.7 Å². The number of nitrogens with zero attached hydrogens (tertiary/aromatic N) is 3. The minimum Gasteiger partial charge on any atom is -0.461 e. The van der Waals surface area contributed by atoms with Crippen LogP contribution in [0.5, 0.6) is 0 Å². The van der Waals surface area contributed by atoms with Crippen LogP contribution in [-0.4, -0.2) is 63.6 Å². The maximum atomic E-state index is 12.3. The number of benzene rings is 1. The normalized spacial score (nSPS) is 15.7. The SMILES string of the molecule is CCOC(=O)c1nn(-c2cccc(C#CC(O)CCN(C)C=O)c2)c2c1C(O)CC2. The highest BCUT2D eigenvalue weighted by atomic mass is 16.5. The summed E-state index contributed by atoms with van der Waals surface area (Å²) < 4.78 is 6.74. The molecule has 2 unspecified atom stereocenters. The molecular formula is C22H25N3O5. The number of aliphatic hydroxyl groups is 2. The van der Waals surface area contributed by atoms with Gasteiger partial charge in [0.25, 0.3) is 0 Å². The Balaban J connectivity index is 1.86. The van der Waals surface area contributed by atoms with Gasteiger partial charge in [-0.3, -0.25) is 4.79 Å². The average Bonchev–Trinajstić information content (AvgIpc) is 3.31. The van der Waals surface area contributed by atoms with Crippen molar-refractivity contribution in [3.63, 3.8) is 0 Å². The largest absolute Gasteiger partial charge is 0.461 e. The van der Waals surface area contributed by atoms with Crippen LogP contribution in [-0.2, 0) is 16.0 Å². The lowest BCUT2D eigenvalue weighted by Gasteiger charge is -2.10. The van der Waals surface area contributed by atoms with E-state index in [4.69, 9.17) is 4.74 Å². The second-order valence-electron chi connectivity index (χ2n) is 7.11. The van der Waals surface area contributed by atoms with Gasteiger partial charge in [0.1, 0.15) is 6.10 Å². The zero-order valence-corrected chi connectivity index (χ0v) is 17.0. The molecular weight excluding hydrogens is 386 g/mol. The Morgan fingerprint density at radius 3 is 3.03 bits per heavy atom. The molecule has 30 heavy (non-hydrogen) atoms. The first kappa shape index (κ1) is 21.6. The first-order chi connectivity index (χ1) is 14.4. The Morgan fingerprint density at radius 2 is 2.30 bits per heavy atom. The van der Waals surface area contributed by atoms with E-state index in [1.807, 2.05) is 24.3 Å². The average molecular weight is 411 g/mol. The van der Waals surface area contributed by atoms with Crippen LogP contribution in [0.25, 0.3) is 5.69 Å². The Hall–Kier alpha value is -3.15. The van der Waals surface area contributed by atoms with E-state index in [2.05, 4.69) is 16.9 Å². The number of rotatable bonds is 7. The van der Waals surface area contributed by atoms with Crippen molar-refractivity contribution in [3.05, 3.63) is 46.8 Å². The quantitative estimate of drug-likeness (QED) is 0.403. The van der Waals surface area contributed by atoms with Gasteiger partial charge in [0, 0.05) is 31.1 Å². The lowest BCUT2D eigenvalue weighted by Crippen LogP contribution is -2.21. The Bertz CT molecular complexity index is 988. The Labute approximate surface area is 175 Å². The van der Waals surface area contributed by atoms with E-state index in [1.165, 1.54) is 4.90 Å². The lowest BCUT2D eigenvalue weighted by molar-refractivity contribution is -0.117. The van der Waals surface area contributed by atoms with Crippen molar-refractivity contribution >= 4 is 12.4 Å². The third kappa shape index (κ3) is 4.70. The van der Waals surface area contributed by atoms with Gasteiger partial charge in [0.15, 0.2) is 5.69 Å². The molecule has 8 heteroatoms. The number of aliphatic hydroxyl groups excluding tert-OH is 2. The zero-order valence-electron chi connectivity index (χ0n) is 17.0. The predicted molar refractivity (Wildman–Crippen MR) is 109 cm³/mol. The number of aromatic nitrogens is 2. The summed E-state index contributed by atoms with van der Waals surface area (Å²) in [4.78, 5) is 24.3. The van der Waals surface area contributed by atoms with Crippen LogP contribution >= 0.6 is 0 Å². The standard InChI is InChI=1S/C22H25N3O5/c1-3-30-22(29)21-20-18(9-10-19(20)28)25(23-21)16-6-4-5-15(13-16)7-8-17(27)11-12-24(2)14-26/h4-6,13-14,17,19,27-28H,3,9-12H2,1-2H3. The number of fused-ring (bicyclic) bond motifs is 1. The van der Waals surface area contributed by atoms with Crippen molar-refractivity contribution in [2.45, 2.75) is 38.4 Å². The molecule has 1 aromatic carbocycles. The van der Waals surface area contributed by atoms with Crippen molar-refractivity contribution in [3.8, 4) is 17.5 Å². The summed E-state index contributed by atoms with van der Waals surface area (Å²) in [6, 6.07) is 7.28.